The van der Waals surface area contributed by atoms with Crippen molar-refractivity contribution in [3.63, 3.8) is 0 Å². The number of halogens is 2. The largest absolute Gasteiger partial charge is 0.479 e. The number of hydrogen-bond acceptors (Lipinski definition) is 19. The minimum atomic E-state index is -1.75. The average molecular weight is 1170 g/mol. The van der Waals surface area contributed by atoms with Crippen LogP contribution in [0, 0.1) is 41.5 Å². The lowest BCUT2D eigenvalue weighted by Crippen LogP contribution is -2.58. The Balaban J connectivity index is 1.07. The van der Waals surface area contributed by atoms with E-state index in [9.17, 15) is 54.3 Å². The van der Waals surface area contributed by atoms with Gasteiger partial charge in [0.2, 0.25) is 16.5 Å². The first kappa shape index (κ1) is 59.6. The van der Waals surface area contributed by atoms with Gasteiger partial charge in [-0.1, -0.05) is 0 Å². The highest BCUT2D eigenvalue weighted by Gasteiger charge is 2.41. The molecule has 6 aromatic rings. The molecule has 0 aliphatic carbocycles. The molecule has 82 heavy (non-hydrogen) atoms. The van der Waals surface area contributed by atoms with Crippen molar-refractivity contribution in [3.8, 4) is 22.6 Å². The summed E-state index contributed by atoms with van der Waals surface area (Å²) in [5.41, 5.74) is 0.592. The number of unbranched alkanes of at least 4 members (excludes halogenated alkanes) is 1. The SMILES string of the molecule is Cc1oc(C2=CC(CN3CCN(Cc4cc(-c5oc(C)c(C(=O)O)c5C)cc(C(=O)O)n4)CCN(Cc4cc(-c5oc(C)c(C(=O)O)c5C)cc(C(=O)O)n4)CC3)(C(=O)O)NC=C2)c(C)c1C(=O)NCCCCNc1nc(Cl)nc(Cl)n1. The molecule has 0 saturated carbocycles. The number of aryl methyl sites for hydroxylation is 3. The molecule has 1 saturated heterocycles. The van der Waals surface area contributed by atoms with E-state index >= 15 is 0 Å². The summed E-state index contributed by atoms with van der Waals surface area (Å²) in [4.78, 5) is 103. The zero-order valence-corrected chi connectivity index (χ0v) is 47.0. The quantitative estimate of drug-likeness (QED) is 0.0336. The van der Waals surface area contributed by atoms with Gasteiger partial charge in [-0.15, -0.1) is 0 Å². The highest BCUT2D eigenvalue weighted by molar-refractivity contribution is 6.31. The summed E-state index contributed by atoms with van der Waals surface area (Å²) in [5, 5.41) is 60.3. The van der Waals surface area contributed by atoms with Crippen molar-refractivity contribution in [2.24, 2.45) is 0 Å². The zero-order chi connectivity index (χ0) is 59.3. The Labute approximate surface area is 478 Å². The van der Waals surface area contributed by atoms with Gasteiger partial charge in [-0.05, 0) is 120 Å². The van der Waals surface area contributed by atoms with Gasteiger partial charge in [0.15, 0.2) is 5.54 Å². The van der Waals surface area contributed by atoms with E-state index < -0.39 is 35.4 Å². The number of aliphatic carboxylic acids is 1. The van der Waals surface area contributed by atoms with E-state index in [0.29, 0.717) is 114 Å². The minimum absolute atomic E-state index is 0.0451. The number of amides is 1. The third-order valence-corrected chi connectivity index (χ3v) is 14.5. The molecule has 6 aromatic heterocycles. The summed E-state index contributed by atoms with van der Waals surface area (Å²) in [7, 11) is 0. The first-order valence-corrected chi connectivity index (χ1v) is 26.6. The van der Waals surface area contributed by atoms with E-state index in [0.717, 1.165) is 0 Å². The number of aromatic carboxylic acids is 4. The van der Waals surface area contributed by atoms with E-state index in [1.165, 1.54) is 32.2 Å². The Hall–Kier alpha value is -8.49. The van der Waals surface area contributed by atoms with Crippen LogP contribution in [0.4, 0.5) is 5.95 Å². The number of allylic oxidation sites excluding steroid dienone is 2. The summed E-state index contributed by atoms with van der Waals surface area (Å²) in [5.74, 6) is -5.18. The molecule has 0 aromatic carbocycles. The molecule has 2 aliphatic heterocycles. The monoisotopic (exact) mass is 1170 g/mol. The summed E-state index contributed by atoms with van der Waals surface area (Å²) in [6.07, 6.45) is 5.96. The third kappa shape index (κ3) is 13.5. The fraction of sp³-hybridized carbons (Fsp3) is 0.364. The van der Waals surface area contributed by atoms with Crippen LogP contribution < -0.4 is 16.0 Å². The lowest BCUT2D eigenvalue weighted by Gasteiger charge is -2.36. The lowest BCUT2D eigenvalue weighted by molar-refractivity contribution is -0.143. The van der Waals surface area contributed by atoms with Gasteiger partial charge < -0.3 is 54.7 Å². The Morgan fingerprint density at radius 2 is 1.04 bits per heavy atom. The van der Waals surface area contributed by atoms with Crippen LogP contribution in [0.1, 0.15) is 116 Å². The fourth-order valence-electron chi connectivity index (χ4n) is 10.2. The van der Waals surface area contributed by atoms with E-state index in [-0.39, 0.29) is 101 Å². The number of pyridine rings is 2. The van der Waals surface area contributed by atoms with Crippen LogP contribution in [0.3, 0.4) is 0 Å². The van der Waals surface area contributed by atoms with Crippen LogP contribution in [0.5, 0.6) is 0 Å². The molecule has 1 atom stereocenters. The highest BCUT2D eigenvalue weighted by atomic mass is 35.5. The molecule has 2 aliphatic rings. The fourth-order valence-corrected chi connectivity index (χ4v) is 10.6. The number of hydrogen-bond donors (Lipinski definition) is 8. The molecule has 8 rings (SSSR count). The molecule has 25 nitrogen and oxygen atoms in total. The number of rotatable bonds is 21. The van der Waals surface area contributed by atoms with Crippen LogP contribution in [0.2, 0.25) is 10.6 Å². The van der Waals surface area contributed by atoms with Crippen LogP contribution in [0.25, 0.3) is 28.2 Å². The third-order valence-electron chi connectivity index (χ3n) is 14.2. The predicted octanol–water partition coefficient (Wildman–Crippen LogP) is 6.99. The Morgan fingerprint density at radius 1 is 0.585 bits per heavy atom. The van der Waals surface area contributed by atoms with Gasteiger partial charge in [-0.3, -0.25) is 19.5 Å². The van der Waals surface area contributed by atoms with Crippen molar-refractivity contribution in [1.29, 1.82) is 0 Å². The van der Waals surface area contributed by atoms with Gasteiger partial charge in [-0.2, -0.15) is 15.0 Å². The first-order chi connectivity index (χ1) is 38.9. The number of carboxylic acids is 5. The van der Waals surface area contributed by atoms with Crippen LogP contribution in [-0.4, -0.2) is 165 Å². The van der Waals surface area contributed by atoms with Crippen molar-refractivity contribution in [3.05, 3.63) is 132 Å². The number of anilines is 1. The maximum atomic E-state index is 13.7. The van der Waals surface area contributed by atoms with Gasteiger partial charge in [0.05, 0.1) is 17.0 Å². The van der Waals surface area contributed by atoms with Gasteiger partial charge in [0.1, 0.15) is 57.1 Å². The van der Waals surface area contributed by atoms with Crippen molar-refractivity contribution in [2.75, 3.05) is 64.2 Å². The smallest absolute Gasteiger partial charge is 0.354 e. The van der Waals surface area contributed by atoms with Gasteiger partial charge in [0, 0.05) is 105 Å². The van der Waals surface area contributed by atoms with Crippen molar-refractivity contribution < 1.29 is 67.6 Å². The molecule has 8 N–H and O–H groups in total. The summed E-state index contributed by atoms with van der Waals surface area (Å²) >= 11 is 11.7. The Kier molecular flexibility index (Phi) is 18.3. The normalized spacial score (nSPS) is 16.2. The Bertz CT molecular complexity index is 3410. The van der Waals surface area contributed by atoms with E-state index in [2.05, 4.69) is 40.9 Å². The lowest BCUT2D eigenvalue weighted by atomic mass is 9.91. The number of dihydropyridines is 1. The molecule has 1 fully saturated rings. The second-order valence-corrected chi connectivity index (χ2v) is 20.6. The zero-order valence-electron chi connectivity index (χ0n) is 45.5. The van der Waals surface area contributed by atoms with Gasteiger partial charge in [0.25, 0.3) is 5.91 Å². The highest BCUT2D eigenvalue weighted by Crippen LogP contribution is 2.35. The minimum Gasteiger partial charge on any atom is -0.479 e. The molecule has 432 valence electrons. The molecule has 1 amide bonds. The molecule has 0 spiro atoms. The predicted molar refractivity (Wildman–Crippen MR) is 296 cm³/mol. The van der Waals surface area contributed by atoms with E-state index in [4.69, 9.17) is 36.5 Å². The molecule has 0 radical (unpaired) electrons. The number of nitrogens with one attached hydrogen (secondary N) is 3. The van der Waals surface area contributed by atoms with Crippen LogP contribution in [-0.2, 0) is 17.9 Å². The van der Waals surface area contributed by atoms with Crippen LogP contribution >= 0.6 is 23.2 Å². The number of carbonyl (C=O) groups excluding carboxylic acids is 1. The molecule has 8 heterocycles. The molecule has 1 unspecified atom stereocenters. The van der Waals surface area contributed by atoms with Crippen molar-refractivity contribution in [2.45, 2.75) is 73.0 Å². The maximum Gasteiger partial charge on any atom is 0.354 e. The van der Waals surface area contributed by atoms with Crippen LogP contribution in [0.15, 0.2) is 55.9 Å². The standard InChI is InChI=1S/C55H59Cl2N11O14/c1-27-40(46(69)58-10-7-8-11-59-54-64-52(56)63-53(57)65-54)30(4)80-43(27)33-9-12-60-55(23-33,51(78)79)26-68-17-15-66(24-36-19-34(21-38(61-36)47(70)71)44-28(2)41(49(74)75)31(5)81-44)13-14-67(16-18-68)25-37-20-35(22-39(62-37)48(72)73)45-29(3)42(50(76)77)32(6)82-45/h9,12,19-23,60H,7-8,10-11,13-18,24-26H2,1-6H3,(H,58,69)(H,70,71)(H,72,73)(H,74,75)(H,76,77)(H,78,79)(H,59,63,64,65). The maximum absolute atomic E-state index is 13.7. The van der Waals surface area contributed by atoms with Crippen molar-refractivity contribution >= 4 is 70.5 Å². The average Bonchev–Trinajstić information content (AvgIpc) is 4.16. The summed E-state index contributed by atoms with van der Waals surface area (Å²) < 4.78 is 18.0. The van der Waals surface area contributed by atoms with Gasteiger partial charge >= 0.3 is 29.8 Å². The number of carbonyl (C=O) groups is 6. The number of nitrogens with zero attached hydrogens (tertiary/aromatic N) is 8. The second-order valence-electron chi connectivity index (χ2n) is 19.9. The number of furan rings is 3. The Morgan fingerprint density at radius 3 is 1.50 bits per heavy atom. The number of carboxylic acid groups (broad SMARTS) is 5. The molecule has 27 heteroatoms. The number of aromatic nitrogens is 5. The second kappa shape index (κ2) is 25.1. The van der Waals surface area contributed by atoms with Crippen molar-refractivity contribution in [1.82, 2.24) is 50.3 Å². The molecular weight excluding hydrogens is 1110 g/mol. The summed E-state index contributed by atoms with van der Waals surface area (Å²) in [6, 6.07) is 5.89. The molecular formula is C55H59Cl2N11O14. The van der Waals surface area contributed by atoms with E-state index in [1.807, 2.05) is 14.7 Å². The van der Waals surface area contributed by atoms with E-state index in [1.54, 1.807) is 52.0 Å². The summed E-state index contributed by atoms with van der Waals surface area (Å²) in [6.45, 7) is 12.2. The topological polar surface area (TPSA) is 353 Å². The first-order valence-electron chi connectivity index (χ1n) is 25.8. The molecule has 0 bridgehead atoms. The van der Waals surface area contributed by atoms with Gasteiger partial charge in [-0.25, -0.2) is 33.9 Å².